The number of carboxylic acids is 2. The molecule has 3 aliphatic rings. The molecule has 8 N–H and O–H groups in total. The van der Waals surface area contributed by atoms with Gasteiger partial charge >= 0.3 is 18.0 Å². The van der Waals surface area contributed by atoms with E-state index in [0.717, 1.165) is 45.1 Å². The first-order valence-corrected chi connectivity index (χ1v) is 18.2. The van der Waals surface area contributed by atoms with E-state index in [4.69, 9.17) is 22.2 Å². The van der Waals surface area contributed by atoms with Crippen LogP contribution in [-0.2, 0) is 33.6 Å². The van der Waals surface area contributed by atoms with Crippen LogP contribution in [0.3, 0.4) is 0 Å². The number of nitrogens with one attached hydrogen (secondary N) is 2. The average Bonchev–Trinajstić information content (AvgIpc) is 3.78. The van der Waals surface area contributed by atoms with Crippen molar-refractivity contribution in [2.75, 3.05) is 31.9 Å². The Morgan fingerprint density at radius 2 is 1.84 bits per heavy atom. The van der Waals surface area contributed by atoms with Gasteiger partial charge in [-0.3, -0.25) is 34.3 Å². The number of aryl methyl sites for hydroxylation is 1. The van der Waals surface area contributed by atoms with Gasteiger partial charge in [0.15, 0.2) is 28.1 Å². The van der Waals surface area contributed by atoms with Gasteiger partial charge in [-0.05, 0) is 32.9 Å². The zero-order valence-electron chi connectivity index (χ0n) is 29.0. The molecule has 55 heavy (non-hydrogen) atoms. The Morgan fingerprint density at radius 3 is 2.45 bits per heavy atom. The first-order chi connectivity index (χ1) is 25.7. The number of carboxylic acid groups (broad SMARTS) is 2. The largest absolute Gasteiger partial charge is 0.504 e. The number of carbonyl (C=O) groups excluding carboxylic acids is 6. The molecule has 0 aliphatic carbocycles. The minimum Gasteiger partial charge on any atom is -0.504 e. The normalized spacial score (nSPS) is 20.9. The number of phenols is 2. The molecular formula is C31H33ClN8O13S2. The van der Waals surface area contributed by atoms with Gasteiger partial charge in [-0.1, -0.05) is 28.5 Å². The number of oxime groups is 1. The van der Waals surface area contributed by atoms with Crippen LogP contribution < -0.4 is 16.5 Å². The first kappa shape index (κ1) is 40.5. The number of aromatic hydroxyl groups is 2. The highest BCUT2D eigenvalue weighted by Gasteiger charge is 2.66. The molecule has 2 aromatic rings. The number of rotatable bonds is 15. The van der Waals surface area contributed by atoms with E-state index in [1.165, 1.54) is 18.7 Å². The SMILES string of the molecule is Cc1sc(N)nc1/C(=N/OC(C)(C)C(=O)O)C(=O)C[C@@H]1C(=O)N2C[C@@](C(=O)O)(N3CCN(NC(=O)CCNC(=O)C(=O)c4ccc(O)c(O)c4Cl)C3=O)S[C@H]12. The number of fused-ring (bicyclic) bond motifs is 1. The standard InChI is InChI=1S/C31H33ClN8O13S2/c1-12-19(35-28(33)54-12)20(37-53-30(2,3)26(48)49)16(42)10-14-24(47)38-11-31(27(50)51,55-25(14)38)39-8-9-40(29(39)52)36-17(43)6-7-34-23(46)21(44)13-4-5-15(41)22(45)18(13)32/h4-5,14,25,41,45H,6-11H2,1-3H3,(H2,33,35)(H,34,46)(H,36,43)(H,48,49)(H,50,51)/b37-20+/t14-,25-,31-/m1/s1. The molecule has 5 amide bonds. The smallest absolute Gasteiger partial charge is 0.350 e. The minimum absolute atomic E-state index is 0.0251. The Bertz CT molecular complexity index is 2060. The number of nitrogens with two attached hydrogens (primary N) is 1. The zero-order valence-corrected chi connectivity index (χ0v) is 31.4. The molecule has 1 aromatic heterocycles. The van der Waals surface area contributed by atoms with Gasteiger partial charge in [0.1, 0.15) is 5.69 Å². The number of nitrogen functional groups attached to an aromatic ring is 1. The number of hydrazine groups is 1. The summed E-state index contributed by atoms with van der Waals surface area (Å²) in [6.45, 7) is 2.87. The van der Waals surface area contributed by atoms with E-state index in [-0.39, 0.29) is 36.2 Å². The van der Waals surface area contributed by atoms with E-state index in [1.54, 1.807) is 6.92 Å². The third-order valence-corrected chi connectivity index (χ3v) is 11.7. The molecule has 3 saturated heterocycles. The summed E-state index contributed by atoms with van der Waals surface area (Å²) in [5, 5.41) is 44.6. The van der Waals surface area contributed by atoms with Crippen molar-refractivity contribution in [3.63, 3.8) is 0 Å². The monoisotopic (exact) mass is 824 g/mol. The Labute approximate surface area is 323 Å². The average molecular weight is 825 g/mol. The number of hydrogen-bond donors (Lipinski definition) is 7. The van der Waals surface area contributed by atoms with E-state index in [0.29, 0.717) is 4.88 Å². The van der Waals surface area contributed by atoms with Gasteiger partial charge in [0, 0.05) is 30.8 Å². The molecule has 0 unspecified atom stereocenters. The van der Waals surface area contributed by atoms with Crippen molar-refractivity contribution in [3.8, 4) is 11.5 Å². The zero-order chi connectivity index (χ0) is 40.7. The predicted octanol–water partition coefficient (Wildman–Crippen LogP) is 0.112. The Morgan fingerprint density at radius 1 is 1.15 bits per heavy atom. The Kier molecular flexibility index (Phi) is 11.2. The summed E-state index contributed by atoms with van der Waals surface area (Å²) in [5.41, 5.74) is 5.53. The fourth-order valence-corrected chi connectivity index (χ4v) is 8.34. The highest BCUT2D eigenvalue weighted by molar-refractivity contribution is 8.02. The second kappa shape index (κ2) is 15.2. The van der Waals surface area contributed by atoms with Gasteiger partial charge in [0.25, 0.3) is 11.7 Å². The minimum atomic E-state index is -2.00. The number of anilines is 1. The molecule has 1 aromatic carbocycles. The molecule has 4 heterocycles. The van der Waals surface area contributed by atoms with Crippen molar-refractivity contribution in [1.29, 1.82) is 0 Å². The lowest BCUT2D eigenvalue weighted by Crippen LogP contribution is -2.60. The molecule has 24 heteroatoms. The number of halogens is 1. The highest BCUT2D eigenvalue weighted by Crippen LogP contribution is 2.53. The fourth-order valence-electron chi connectivity index (χ4n) is 5.71. The van der Waals surface area contributed by atoms with Gasteiger partial charge in [0.05, 0.1) is 35.0 Å². The first-order valence-electron chi connectivity index (χ1n) is 16.1. The lowest BCUT2D eigenvalue weighted by molar-refractivity contribution is -0.161. The third kappa shape index (κ3) is 7.66. The van der Waals surface area contributed by atoms with Gasteiger partial charge in [-0.25, -0.2) is 24.4 Å². The van der Waals surface area contributed by atoms with E-state index in [9.17, 15) is 58.8 Å². The molecule has 21 nitrogen and oxygen atoms in total. The number of urea groups is 1. The van der Waals surface area contributed by atoms with Gasteiger partial charge < -0.3 is 41.2 Å². The lowest BCUT2D eigenvalue weighted by atomic mass is 9.90. The summed E-state index contributed by atoms with van der Waals surface area (Å²) in [7, 11) is 0. The second-order valence-electron chi connectivity index (χ2n) is 12.9. The molecule has 5 rings (SSSR count). The maximum Gasteiger partial charge on any atom is 0.350 e. The van der Waals surface area contributed by atoms with E-state index in [1.807, 2.05) is 0 Å². The molecule has 294 valence electrons. The molecule has 3 aliphatic heterocycles. The molecule has 0 saturated carbocycles. The van der Waals surface area contributed by atoms with Crippen LogP contribution in [0.5, 0.6) is 11.5 Å². The third-order valence-electron chi connectivity index (χ3n) is 8.76. The van der Waals surface area contributed by atoms with Crippen molar-refractivity contribution in [3.05, 3.63) is 33.3 Å². The number of Topliss-reactive ketones (excluding diaryl/α,β-unsaturated/α-hetero) is 2. The van der Waals surface area contributed by atoms with Crippen molar-refractivity contribution in [1.82, 2.24) is 30.5 Å². The maximum absolute atomic E-state index is 13.6. The topological polar surface area (TPSA) is 312 Å². The van der Waals surface area contributed by atoms with Crippen LogP contribution in [0.25, 0.3) is 0 Å². The van der Waals surface area contributed by atoms with Crippen LogP contribution in [0, 0.1) is 12.8 Å². The van der Waals surface area contributed by atoms with E-state index < -0.39 is 110 Å². The summed E-state index contributed by atoms with van der Waals surface area (Å²) in [5.74, 6) is -9.73. The molecule has 0 spiro atoms. The van der Waals surface area contributed by atoms with E-state index >= 15 is 0 Å². The molecule has 0 radical (unpaired) electrons. The molecular weight excluding hydrogens is 792 g/mol. The number of thioether (sulfide) groups is 1. The number of benzene rings is 1. The summed E-state index contributed by atoms with van der Waals surface area (Å²) < 4.78 is 0. The summed E-state index contributed by atoms with van der Waals surface area (Å²) in [4.78, 5) is 112. The molecule has 3 atom stereocenters. The summed E-state index contributed by atoms with van der Waals surface area (Å²) in [6.07, 6.45) is -0.911. The van der Waals surface area contributed by atoms with Gasteiger partial charge in [-0.15, -0.1) is 11.3 Å². The number of aliphatic carboxylic acids is 2. The lowest BCUT2D eigenvalue weighted by Gasteiger charge is -2.40. The number of phenolic OH excluding ortho intramolecular Hbond substituents is 2. The number of aromatic nitrogens is 1. The summed E-state index contributed by atoms with van der Waals surface area (Å²) >= 11 is 7.63. The van der Waals surface area contributed by atoms with Crippen LogP contribution in [0.15, 0.2) is 17.3 Å². The number of carbonyl (C=O) groups is 8. The maximum atomic E-state index is 13.6. The van der Waals surface area contributed by atoms with Crippen LogP contribution in [0.4, 0.5) is 9.93 Å². The molecule has 0 bridgehead atoms. The number of nitrogens with zero attached hydrogens (tertiary/aromatic N) is 5. The van der Waals surface area contributed by atoms with Crippen molar-refractivity contribution in [2.24, 2.45) is 11.1 Å². The van der Waals surface area contributed by atoms with Crippen molar-refractivity contribution >= 4 is 92.8 Å². The quantitative estimate of drug-likeness (QED) is 0.0313. The van der Waals surface area contributed by atoms with Gasteiger partial charge in [-0.2, -0.15) is 0 Å². The van der Waals surface area contributed by atoms with Crippen LogP contribution in [0.1, 0.15) is 47.6 Å². The predicted molar refractivity (Wildman–Crippen MR) is 191 cm³/mol. The number of thiazole rings is 1. The van der Waals surface area contributed by atoms with E-state index in [2.05, 4.69) is 20.9 Å². The molecule has 3 fully saturated rings. The number of β-lactam (4-membered cyclic amide) rings is 1. The van der Waals surface area contributed by atoms with Crippen molar-refractivity contribution in [2.45, 2.75) is 49.5 Å². The number of ketones is 2. The van der Waals surface area contributed by atoms with Crippen molar-refractivity contribution < 1.29 is 63.6 Å². The Hall–Kier alpha value is -5.68. The Balaban J connectivity index is 1.21. The fraction of sp³-hybridized carbons (Fsp3) is 0.419. The second-order valence-corrected chi connectivity index (χ2v) is 15.9. The number of amides is 5. The van der Waals surface area contributed by atoms with Crippen LogP contribution in [-0.4, -0.2) is 135 Å². The summed E-state index contributed by atoms with van der Waals surface area (Å²) in [6, 6.07) is 1.08. The van der Waals surface area contributed by atoms with Gasteiger partial charge in [0.2, 0.25) is 22.3 Å². The van der Waals surface area contributed by atoms with Crippen LogP contribution >= 0.6 is 34.7 Å². The number of hydrogen-bond acceptors (Lipinski definition) is 16. The highest BCUT2D eigenvalue weighted by atomic mass is 35.5. The van der Waals surface area contributed by atoms with Crippen LogP contribution in [0.2, 0.25) is 5.02 Å².